The number of hydrogen-bond donors (Lipinski definition) is 1. The van der Waals surface area contributed by atoms with E-state index < -0.39 is 0 Å². The third-order valence-electron chi connectivity index (χ3n) is 6.04. The van der Waals surface area contributed by atoms with Crippen LogP contribution >= 0.6 is 11.8 Å². The molecule has 0 spiro atoms. The van der Waals surface area contributed by atoms with Crippen LogP contribution < -0.4 is 5.43 Å². The number of nitrogens with one attached hydrogen (secondary N) is 1. The molecule has 1 aromatic heterocycles. The van der Waals surface area contributed by atoms with Gasteiger partial charge in [0, 0.05) is 22.6 Å². The Bertz CT molecular complexity index is 1300. The van der Waals surface area contributed by atoms with Gasteiger partial charge in [-0.1, -0.05) is 66.7 Å². The zero-order valence-corrected chi connectivity index (χ0v) is 19.5. The number of rotatable bonds is 6. The molecule has 0 saturated heterocycles. The highest BCUT2D eigenvalue weighted by Crippen LogP contribution is 2.49. The van der Waals surface area contributed by atoms with Crippen molar-refractivity contribution in [3.8, 4) is 16.8 Å². The summed E-state index contributed by atoms with van der Waals surface area (Å²) in [6, 6.07) is 29.2. The van der Waals surface area contributed by atoms with E-state index >= 15 is 0 Å². The normalized spacial score (nSPS) is 12.7. The second kappa shape index (κ2) is 9.12. The SMILES string of the molecule is Cc1cc(/C=N\NC(=O)CSC2c3ccccc3-c3ccccc32)c(C)n1-c1ccccc1. The van der Waals surface area contributed by atoms with Gasteiger partial charge in [0.05, 0.1) is 17.2 Å². The Labute approximate surface area is 198 Å². The Kier molecular flexibility index (Phi) is 5.88. The lowest BCUT2D eigenvalue weighted by Crippen LogP contribution is -2.20. The van der Waals surface area contributed by atoms with Crippen molar-refractivity contribution in [2.24, 2.45) is 5.10 Å². The van der Waals surface area contributed by atoms with Crippen LogP contribution in [0.25, 0.3) is 16.8 Å². The Balaban J connectivity index is 1.24. The van der Waals surface area contributed by atoms with Crippen molar-refractivity contribution in [1.29, 1.82) is 0 Å². The van der Waals surface area contributed by atoms with Gasteiger partial charge in [0.15, 0.2) is 0 Å². The lowest BCUT2D eigenvalue weighted by Gasteiger charge is -2.12. The van der Waals surface area contributed by atoms with Crippen molar-refractivity contribution in [2.75, 3.05) is 5.75 Å². The highest BCUT2D eigenvalue weighted by atomic mass is 32.2. The van der Waals surface area contributed by atoms with E-state index in [0.29, 0.717) is 5.75 Å². The van der Waals surface area contributed by atoms with Crippen molar-refractivity contribution < 1.29 is 4.79 Å². The molecule has 1 N–H and O–H groups in total. The molecule has 0 radical (unpaired) electrons. The van der Waals surface area contributed by atoms with Crippen molar-refractivity contribution in [3.05, 3.63) is 113 Å². The number of aryl methyl sites for hydroxylation is 1. The van der Waals surface area contributed by atoms with E-state index in [1.54, 1.807) is 18.0 Å². The minimum atomic E-state index is -0.102. The summed E-state index contributed by atoms with van der Waals surface area (Å²) < 4.78 is 2.19. The number of para-hydroxylation sites is 1. The highest BCUT2D eigenvalue weighted by molar-refractivity contribution is 8.00. The summed E-state index contributed by atoms with van der Waals surface area (Å²) in [7, 11) is 0. The van der Waals surface area contributed by atoms with Crippen molar-refractivity contribution in [2.45, 2.75) is 19.1 Å². The topological polar surface area (TPSA) is 46.4 Å². The van der Waals surface area contributed by atoms with Crippen LogP contribution in [0.15, 0.2) is 90.0 Å². The van der Waals surface area contributed by atoms with Crippen LogP contribution in [0, 0.1) is 13.8 Å². The standard InChI is InChI=1S/C28H25N3OS/c1-19-16-21(20(2)31(19)22-10-4-3-5-11-22)17-29-30-27(32)18-33-28-25-14-8-6-12-23(25)24-13-7-9-15-26(24)28/h3-17,28H,18H2,1-2H3,(H,30,32)/b29-17-. The molecule has 4 nitrogen and oxygen atoms in total. The summed E-state index contributed by atoms with van der Waals surface area (Å²) in [6.45, 7) is 4.14. The van der Waals surface area contributed by atoms with Gasteiger partial charge in [-0.05, 0) is 54.3 Å². The van der Waals surface area contributed by atoms with Gasteiger partial charge in [0.25, 0.3) is 0 Å². The molecule has 33 heavy (non-hydrogen) atoms. The van der Waals surface area contributed by atoms with Crippen LogP contribution in [0.2, 0.25) is 0 Å². The number of benzene rings is 3. The quantitative estimate of drug-likeness (QED) is 0.287. The average molecular weight is 452 g/mol. The molecule has 0 bridgehead atoms. The fourth-order valence-electron chi connectivity index (χ4n) is 4.55. The maximum atomic E-state index is 12.5. The van der Waals surface area contributed by atoms with Crippen LogP contribution in [-0.4, -0.2) is 22.4 Å². The number of thioether (sulfide) groups is 1. The summed E-state index contributed by atoms with van der Waals surface area (Å²) in [5, 5.41) is 4.40. The van der Waals surface area contributed by atoms with Crippen LogP contribution in [0.4, 0.5) is 0 Å². The van der Waals surface area contributed by atoms with E-state index in [0.717, 1.165) is 22.6 Å². The lowest BCUT2D eigenvalue weighted by atomic mass is 10.1. The minimum absolute atomic E-state index is 0.102. The summed E-state index contributed by atoms with van der Waals surface area (Å²) in [6.07, 6.45) is 1.73. The van der Waals surface area contributed by atoms with Gasteiger partial charge < -0.3 is 4.57 Å². The molecule has 0 saturated carbocycles. The second-order valence-electron chi connectivity index (χ2n) is 8.16. The maximum absolute atomic E-state index is 12.5. The molecule has 3 aromatic carbocycles. The molecule has 0 fully saturated rings. The number of carbonyl (C=O) groups excluding carboxylic acids is 1. The molecule has 1 aliphatic carbocycles. The second-order valence-corrected chi connectivity index (χ2v) is 9.25. The van der Waals surface area contributed by atoms with Gasteiger partial charge in [-0.15, -0.1) is 11.8 Å². The molecule has 1 amide bonds. The Morgan fingerprint density at radius 2 is 1.55 bits per heavy atom. The van der Waals surface area contributed by atoms with Gasteiger partial charge in [0.1, 0.15) is 0 Å². The molecule has 1 aliphatic rings. The summed E-state index contributed by atoms with van der Waals surface area (Å²) >= 11 is 1.64. The third kappa shape index (κ3) is 4.12. The molecule has 0 aliphatic heterocycles. The first kappa shape index (κ1) is 21.3. The summed E-state index contributed by atoms with van der Waals surface area (Å²) in [5.74, 6) is 0.239. The summed E-state index contributed by atoms with van der Waals surface area (Å²) in [4.78, 5) is 12.5. The van der Waals surface area contributed by atoms with Gasteiger partial charge in [0.2, 0.25) is 5.91 Å². The molecule has 1 heterocycles. The van der Waals surface area contributed by atoms with Crippen molar-refractivity contribution >= 4 is 23.9 Å². The molecule has 164 valence electrons. The number of nitrogens with zero attached hydrogens (tertiary/aromatic N) is 2. The smallest absolute Gasteiger partial charge is 0.250 e. The van der Waals surface area contributed by atoms with Crippen LogP contribution in [0.3, 0.4) is 0 Å². The summed E-state index contributed by atoms with van der Waals surface area (Å²) in [5.41, 5.74) is 12.1. The molecule has 0 atom stereocenters. The first-order valence-corrected chi connectivity index (χ1v) is 12.0. The molecule has 4 aromatic rings. The zero-order valence-electron chi connectivity index (χ0n) is 18.7. The van der Waals surface area contributed by atoms with E-state index in [2.05, 4.69) is 95.7 Å². The van der Waals surface area contributed by atoms with Crippen LogP contribution in [0.5, 0.6) is 0 Å². The van der Waals surface area contributed by atoms with E-state index in [-0.39, 0.29) is 11.2 Å². The van der Waals surface area contributed by atoms with Gasteiger partial charge in [-0.2, -0.15) is 5.10 Å². The van der Waals surface area contributed by atoms with Crippen molar-refractivity contribution in [1.82, 2.24) is 9.99 Å². The number of hydrazone groups is 1. The number of carbonyl (C=O) groups is 1. The van der Waals surface area contributed by atoms with E-state index in [4.69, 9.17) is 0 Å². The average Bonchev–Trinajstić information content (AvgIpc) is 3.31. The van der Waals surface area contributed by atoms with Crippen LogP contribution in [0.1, 0.15) is 33.3 Å². The fourth-order valence-corrected chi connectivity index (χ4v) is 5.70. The first-order chi connectivity index (χ1) is 16.1. The number of fused-ring (bicyclic) bond motifs is 3. The molecular formula is C28H25N3OS. The van der Waals surface area contributed by atoms with Gasteiger partial charge in [-0.25, -0.2) is 5.43 Å². The number of aromatic nitrogens is 1. The Morgan fingerprint density at radius 1 is 0.939 bits per heavy atom. The van der Waals surface area contributed by atoms with Crippen LogP contribution in [-0.2, 0) is 4.79 Å². The zero-order chi connectivity index (χ0) is 22.8. The van der Waals surface area contributed by atoms with E-state index in [1.165, 1.54) is 22.3 Å². The van der Waals surface area contributed by atoms with Crippen molar-refractivity contribution in [3.63, 3.8) is 0 Å². The lowest BCUT2D eigenvalue weighted by molar-refractivity contribution is -0.118. The Morgan fingerprint density at radius 3 is 2.21 bits per heavy atom. The number of hydrogen-bond acceptors (Lipinski definition) is 3. The molecular weight excluding hydrogens is 426 g/mol. The third-order valence-corrected chi connectivity index (χ3v) is 7.31. The predicted molar refractivity (Wildman–Crippen MR) is 137 cm³/mol. The number of amides is 1. The monoisotopic (exact) mass is 451 g/mol. The van der Waals surface area contributed by atoms with Gasteiger partial charge >= 0.3 is 0 Å². The van der Waals surface area contributed by atoms with Gasteiger partial charge in [-0.3, -0.25) is 4.79 Å². The first-order valence-electron chi connectivity index (χ1n) is 11.0. The predicted octanol–water partition coefficient (Wildman–Crippen LogP) is 6.05. The Hall–Kier alpha value is -3.57. The van der Waals surface area contributed by atoms with E-state index in [9.17, 15) is 4.79 Å². The minimum Gasteiger partial charge on any atom is -0.318 e. The maximum Gasteiger partial charge on any atom is 0.250 e. The fraction of sp³-hybridized carbons (Fsp3) is 0.143. The highest BCUT2D eigenvalue weighted by Gasteiger charge is 2.28. The van der Waals surface area contributed by atoms with E-state index in [1.807, 2.05) is 18.2 Å². The molecule has 5 rings (SSSR count). The molecule has 5 heteroatoms. The molecule has 0 unspecified atom stereocenters. The largest absolute Gasteiger partial charge is 0.318 e.